The first-order chi connectivity index (χ1) is 8.98. The molecule has 0 aliphatic carbocycles. The smallest absolute Gasteiger partial charge is 0.165 e. The molecule has 0 saturated carbocycles. The largest absolute Gasteiger partial charge is 0.377 e. The maximum atomic E-state index is 13.8. The molecule has 1 aromatic heterocycles. The Kier molecular flexibility index (Phi) is 3.66. The Hall–Kier alpha value is -1.75. The van der Waals surface area contributed by atoms with Crippen LogP contribution in [0.15, 0.2) is 30.6 Å². The van der Waals surface area contributed by atoms with Gasteiger partial charge in [0.15, 0.2) is 11.6 Å². The average Bonchev–Trinajstić information content (AvgIpc) is 2.82. The van der Waals surface area contributed by atoms with E-state index in [1.807, 2.05) is 6.92 Å². The molecule has 19 heavy (non-hydrogen) atoms. The summed E-state index contributed by atoms with van der Waals surface area (Å²) in [4.78, 5) is 4.08. The number of benzene rings is 1. The van der Waals surface area contributed by atoms with Crippen LogP contribution in [0.4, 0.5) is 8.78 Å². The van der Waals surface area contributed by atoms with E-state index in [0.29, 0.717) is 12.4 Å². The van der Waals surface area contributed by atoms with Crippen molar-refractivity contribution in [1.29, 1.82) is 0 Å². The van der Waals surface area contributed by atoms with E-state index in [1.54, 1.807) is 10.8 Å². The lowest BCUT2D eigenvalue weighted by Gasteiger charge is -2.25. The molecular weight excluding hydrogens is 250 g/mol. The second-order valence-corrected chi connectivity index (χ2v) is 4.62. The van der Waals surface area contributed by atoms with Crippen LogP contribution < -0.4 is 0 Å². The Morgan fingerprint density at radius 3 is 2.79 bits per heavy atom. The number of nitrogens with zero attached hydrogens (tertiary/aromatic N) is 2. The highest BCUT2D eigenvalue weighted by molar-refractivity contribution is 5.30. The molecule has 0 saturated heterocycles. The number of imidazole rings is 1. The monoisotopic (exact) mass is 266 g/mol. The van der Waals surface area contributed by atoms with Crippen LogP contribution in [0.1, 0.15) is 31.7 Å². The Morgan fingerprint density at radius 1 is 1.37 bits per heavy atom. The molecule has 0 fully saturated rings. The fraction of sp³-hybridized carbons (Fsp3) is 0.357. The van der Waals surface area contributed by atoms with Gasteiger partial charge in [0.25, 0.3) is 0 Å². The van der Waals surface area contributed by atoms with E-state index < -0.39 is 17.2 Å². The first-order valence-electron chi connectivity index (χ1n) is 6.17. The predicted molar refractivity (Wildman–Crippen MR) is 67.5 cm³/mol. The maximum Gasteiger partial charge on any atom is 0.165 e. The minimum absolute atomic E-state index is 0.115. The third kappa shape index (κ3) is 2.38. The van der Waals surface area contributed by atoms with Crippen LogP contribution >= 0.6 is 0 Å². The van der Waals surface area contributed by atoms with Gasteiger partial charge in [0.1, 0.15) is 11.4 Å². The summed E-state index contributed by atoms with van der Waals surface area (Å²) < 4.78 is 28.9. The molecule has 5 heteroatoms. The van der Waals surface area contributed by atoms with E-state index in [9.17, 15) is 13.9 Å². The molecule has 0 bridgehead atoms. The van der Waals surface area contributed by atoms with Gasteiger partial charge in [-0.05, 0) is 19.4 Å². The summed E-state index contributed by atoms with van der Waals surface area (Å²) >= 11 is 0. The van der Waals surface area contributed by atoms with E-state index in [-0.39, 0.29) is 5.56 Å². The van der Waals surface area contributed by atoms with Crippen LogP contribution in [0, 0.1) is 11.6 Å². The first-order valence-corrected chi connectivity index (χ1v) is 6.17. The lowest BCUT2D eigenvalue weighted by atomic mass is 9.94. The van der Waals surface area contributed by atoms with Gasteiger partial charge in [0, 0.05) is 24.5 Å². The number of rotatable bonds is 4. The molecule has 2 aromatic rings. The van der Waals surface area contributed by atoms with Crippen molar-refractivity contribution in [3.63, 3.8) is 0 Å². The van der Waals surface area contributed by atoms with Gasteiger partial charge in [-0.15, -0.1) is 0 Å². The Labute approximate surface area is 110 Å². The lowest BCUT2D eigenvalue weighted by molar-refractivity contribution is 0.0830. The number of aromatic nitrogens is 2. The van der Waals surface area contributed by atoms with Crippen molar-refractivity contribution in [3.8, 4) is 0 Å². The van der Waals surface area contributed by atoms with Gasteiger partial charge < -0.3 is 9.67 Å². The van der Waals surface area contributed by atoms with Crippen molar-refractivity contribution < 1.29 is 13.9 Å². The zero-order valence-electron chi connectivity index (χ0n) is 10.9. The Morgan fingerprint density at radius 2 is 2.11 bits per heavy atom. The van der Waals surface area contributed by atoms with E-state index >= 15 is 0 Å². The fourth-order valence-electron chi connectivity index (χ4n) is 2.16. The van der Waals surface area contributed by atoms with Crippen molar-refractivity contribution in [3.05, 3.63) is 53.6 Å². The Balaban J connectivity index is 2.52. The highest BCUT2D eigenvalue weighted by Gasteiger charge is 2.33. The molecule has 0 radical (unpaired) electrons. The zero-order valence-corrected chi connectivity index (χ0v) is 10.9. The number of hydrogen-bond acceptors (Lipinski definition) is 2. The van der Waals surface area contributed by atoms with Gasteiger partial charge in [-0.25, -0.2) is 13.8 Å². The molecule has 1 atom stereocenters. The maximum absolute atomic E-state index is 13.8. The number of hydrogen-bond donors (Lipinski definition) is 1. The summed E-state index contributed by atoms with van der Waals surface area (Å²) in [6.07, 6.45) is 4.10. The van der Waals surface area contributed by atoms with Gasteiger partial charge in [-0.3, -0.25) is 0 Å². The summed E-state index contributed by atoms with van der Waals surface area (Å²) in [5, 5.41) is 10.6. The molecule has 1 heterocycles. The second kappa shape index (κ2) is 5.09. The first kappa shape index (κ1) is 13.7. The average molecular weight is 266 g/mol. The van der Waals surface area contributed by atoms with Crippen molar-refractivity contribution in [2.45, 2.75) is 32.4 Å². The van der Waals surface area contributed by atoms with E-state index in [1.165, 1.54) is 25.3 Å². The van der Waals surface area contributed by atoms with Crippen molar-refractivity contribution in [1.82, 2.24) is 9.55 Å². The van der Waals surface area contributed by atoms with Crippen molar-refractivity contribution in [2.75, 3.05) is 0 Å². The van der Waals surface area contributed by atoms with Crippen LogP contribution in [0.25, 0.3) is 0 Å². The third-order valence-electron chi connectivity index (χ3n) is 3.09. The quantitative estimate of drug-likeness (QED) is 0.924. The van der Waals surface area contributed by atoms with Crippen LogP contribution in [0.5, 0.6) is 0 Å². The molecule has 0 aliphatic rings. The third-order valence-corrected chi connectivity index (χ3v) is 3.09. The number of aryl methyl sites for hydroxylation is 1. The van der Waals surface area contributed by atoms with Gasteiger partial charge in [0.2, 0.25) is 0 Å². The molecular formula is C14H16F2N2O. The van der Waals surface area contributed by atoms with E-state index in [2.05, 4.69) is 4.98 Å². The fourth-order valence-corrected chi connectivity index (χ4v) is 2.16. The molecule has 2 rings (SSSR count). The van der Waals surface area contributed by atoms with Crippen LogP contribution in [0.3, 0.4) is 0 Å². The van der Waals surface area contributed by atoms with Crippen LogP contribution in [-0.2, 0) is 12.1 Å². The number of halogens is 2. The van der Waals surface area contributed by atoms with Gasteiger partial charge in [0.05, 0.1) is 0 Å². The van der Waals surface area contributed by atoms with E-state index in [0.717, 1.165) is 12.5 Å². The molecule has 0 aliphatic heterocycles. The molecule has 0 spiro atoms. The van der Waals surface area contributed by atoms with Crippen LogP contribution in [-0.4, -0.2) is 14.7 Å². The summed E-state index contributed by atoms with van der Waals surface area (Å²) in [6, 6.07) is 3.76. The summed E-state index contributed by atoms with van der Waals surface area (Å²) in [5.41, 5.74) is -1.79. The number of aliphatic hydroxyl groups is 1. The van der Waals surface area contributed by atoms with Gasteiger partial charge in [-0.1, -0.05) is 19.1 Å². The molecule has 1 N–H and O–H groups in total. The zero-order chi connectivity index (χ0) is 14.0. The standard InChI is InChI=1S/C14H16F2N2O/c1-3-8-18-9-7-17-13(18)14(2,19)10-5-4-6-11(15)12(10)16/h4-7,9,19H,3,8H2,1-2H3. The lowest BCUT2D eigenvalue weighted by Crippen LogP contribution is -2.29. The molecule has 3 nitrogen and oxygen atoms in total. The summed E-state index contributed by atoms with van der Waals surface area (Å²) in [6.45, 7) is 4.06. The molecule has 0 amide bonds. The minimum atomic E-state index is -1.68. The summed E-state index contributed by atoms with van der Waals surface area (Å²) in [5.74, 6) is -1.72. The molecule has 1 aromatic carbocycles. The van der Waals surface area contributed by atoms with Gasteiger partial charge >= 0.3 is 0 Å². The topological polar surface area (TPSA) is 38.0 Å². The molecule has 102 valence electrons. The van der Waals surface area contributed by atoms with Crippen molar-refractivity contribution in [2.24, 2.45) is 0 Å². The van der Waals surface area contributed by atoms with Crippen molar-refractivity contribution >= 4 is 0 Å². The van der Waals surface area contributed by atoms with Gasteiger partial charge in [-0.2, -0.15) is 0 Å². The summed E-state index contributed by atoms with van der Waals surface area (Å²) in [7, 11) is 0. The highest BCUT2D eigenvalue weighted by atomic mass is 19.2. The van der Waals surface area contributed by atoms with E-state index in [4.69, 9.17) is 0 Å². The normalized spacial score (nSPS) is 14.4. The highest BCUT2D eigenvalue weighted by Crippen LogP contribution is 2.30. The van der Waals surface area contributed by atoms with Crippen LogP contribution in [0.2, 0.25) is 0 Å². The minimum Gasteiger partial charge on any atom is -0.377 e. The molecule has 1 unspecified atom stereocenters. The Bertz CT molecular complexity index is 579. The second-order valence-electron chi connectivity index (χ2n) is 4.62. The SMILES string of the molecule is CCCn1ccnc1C(C)(O)c1cccc(F)c1F. The predicted octanol–water partition coefficient (Wildman–Crippen LogP) is 2.83.